The molecule has 0 spiro atoms. The van der Waals surface area contributed by atoms with Crippen molar-refractivity contribution in [2.45, 2.75) is 39.7 Å². The van der Waals surface area contributed by atoms with Crippen LogP contribution in [0, 0.1) is 11.8 Å². The van der Waals surface area contributed by atoms with Gasteiger partial charge in [0.2, 0.25) is 0 Å². The van der Waals surface area contributed by atoms with Gasteiger partial charge in [0.05, 0.1) is 0 Å². The van der Waals surface area contributed by atoms with Crippen LogP contribution < -0.4 is 10.9 Å². The Balaban J connectivity index is 1.73. The summed E-state index contributed by atoms with van der Waals surface area (Å²) in [5.74, 6) is 1.48. The normalized spacial score (nSPS) is 21.1. The average molecular weight is 394 g/mol. The van der Waals surface area contributed by atoms with Crippen molar-refractivity contribution in [3.05, 3.63) is 58.0 Å². The Kier molecular flexibility index (Phi) is 5.59. The molecular formula is C24H31N3O2. The maximum atomic E-state index is 13.0. The van der Waals surface area contributed by atoms with E-state index in [9.17, 15) is 9.59 Å². The van der Waals surface area contributed by atoms with Crippen molar-refractivity contribution >= 4 is 5.91 Å². The fourth-order valence-corrected chi connectivity index (χ4v) is 5.07. The molecule has 29 heavy (non-hydrogen) atoms. The number of amides is 1. The minimum atomic E-state index is -0.0956. The number of hydrogen-bond donors (Lipinski definition) is 1. The molecule has 2 atom stereocenters. The van der Waals surface area contributed by atoms with Crippen molar-refractivity contribution in [3.63, 3.8) is 0 Å². The molecular weight excluding hydrogens is 362 g/mol. The van der Waals surface area contributed by atoms with Crippen LogP contribution in [0.25, 0.3) is 11.1 Å². The Labute approximate surface area is 172 Å². The molecule has 1 aromatic heterocycles. The highest BCUT2D eigenvalue weighted by Crippen LogP contribution is 2.37. The first-order valence-electron chi connectivity index (χ1n) is 10.8. The Morgan fingerprint density at radius 3 is 2.72 bits per heavy atom. The van der Waals surface area contributed by atoms with Gasteiger partial charge in [-0.2, -0.15) is 0 Å². The van der Waals surface area contributed by atoms with Crippen LogP contribution in [0.1, 0.15) is 49.2 Å². The Morgan fingerprint density at radius 2 is 1.97 bits per heavy atom. The monoisotopic (exact) mass is 393 g/mol. The molecule has 0 saturated carbocycles. The molecule has 1 fully saturated rings. The van der Waals surface area contributed by atoms with Crippen molar-refractivity contribution < 1.29 is 4.79 Å². The Morgan fingerprint density at radius 1 is 1.17 bits per heavy atom. The number of nitrogens with zero attached hydrogens (tertiary/aromatic N) is 2. The van der Waals surface area contributed by atoms with Crippen molar-refractivity contribution in [3.8, 4) is 11.1 Å². The topological polar surface area (TPSA) is 54.3 Å². The first-order chi connectivity index (χ1) is 14.0. The molecule has 1 N–H and O–H groups in total. The van der Waals surface area contributed by atoms with Gasteiger partial charge in [0.25, 0.3) is 11.5 Å². The second-order valence-corrected chi connectivity index (χ2v) is 8.93. The molecule has 4 rings (SSSR count). The molecule has 2 aliphatic rings. The van der Waals surface area contributed by atoms with E-state index in [0.29, 0.717) is 29.9 Å². The van der Waals surface area contributed by atoms with Gasteiger partial charge in [0.1, 0.15) is 0 Å². The molecule has 1 saturated heterocycles. The van der Waals surface area contributed by atoms with Gasteiger partial charge in [0, 0.05) is 56.0 Å². The minimum absolute atomic E-state index is 0.0511. The third-order valence-electron chi connectivity index (χ3n) is 6.08. The highest BCUT2D eigenvalue weighted by molar-refractivity contribution is 6.00. The molecule has 5 nitrogen and oxygen atoms in total. The summed E-state index contributed by atoms with van der Waals surface area (Å²) in [5, 5.41) is 2.88. The number of carbonyl (C=O) groups is 1. The quantitative estimate of drug-likeness (QED) is 0.848. The number of rotatable bonds is 5. The lowest BCUT2D eigenvalue weighted by molar-refractivity contribution is 0.0956. The molecule has 0 aliphatic carbocycles. The lowest BCUT2D eigenvalue weighted by atomic mass is 9.82. The summed E-state index contributed by atoms with van der Waals surface area (Å²) in [7, 11) is 0. The summed E-state index contributed by atoms with van der Waals surface area (Å²) in [5.41, 5.74) is 3.48. The second-order valence-electron chi connectivity index (χ2n) is 8.93. The molecule has 1 amide bonds. The van der Waals surface area contributed by atoms with E-state index in [2.05, 4.69) is 30.1 Å². The summed E-state index contributed by atoms with van der Waals surface area (Å²) in [4.78, 5) is 28.1. The smallest absolute Gasteiger partial charge is 0.251 e. The van der Waals surface area contributed by atoms with Gasteiger partial charge >= 0.3 is 0 Å². The number of piperidine rings is 1. The number of benzene rings is 1. The van der Waals surface area contributed by atoms with E-state index in [4.69, 9.17) is 0 Å². The average Bonchev–Trinajstić information content (AvgIpc) is 2.68. The van der Waals surface area contributed by atoms with Gasteiger partial charge in [-0.3, -0.25) is 9.59 Å². The number of carbonyl (C=O) groups excluding carboxylic acids is 1. The van der Waals surface area contributed by atoms with Crippen LogP contribution in [0.3, 0.4) is 0 Å². The number of pyridine rings is 1. The second kappa shape index (κ2) is 8.15. The van der Waals surface area contributed by atoms with E-state index in [0.717, 1.165) is 49.4 Å². The van der Waals surface area contributed by atoms with Gasteiger partial charge in [-0.15, -0.1) is 0 Å². The first kappa shape index (κ1) is 19.9. The van der Waals surface area contributed by atoms with Crippen molar-refractivity contribution in [2.24, 2.45) is 11.8 Å². The lowest BCUT2D eigenvalue weighted by Gasteiger charge is -2.43. The van der Waals surface area contributed by atoms with E-state index >= 15 is 0 Å². The fraction of sp³-hybridized carbons (Fsp3) is 0.500. The van der Waals surface area contributed by atoms with E-state index < -0.39 is 0 Å². The largest absolute Gasteiger partial charge is 0.352 e. The number of nitrogens with one attached hydrogen (secondary N) is 1. The zero-order valence-corrected chi connectivity index (χ0v) is 17.6. The highest BCUT2D eigenvalue weighted by Gasteiger charge is 2.35. The van der Waals surface area contributed by atoms with Crippen molar-refractivity contribution in [2.75, 3.05) is 26.2 Å². The zero-order chi connectivity index (χ0) is 20.5. The molecule has 2 bridgehead atoms. The molecule has 2 aromatic rings. The summed E-state index contributed by atoms with van der Waals surface area (Å²) >= 11 is 0. The fourth-order valence-electron chi connectivity index (χ4n) is 5.07. The van der Waals surface area contributed by atoms with Crippen LogP contribution >= 0.6 is 0 Å². The van der Waals surface area contributed by atoms with Crippen LogP contribution in [0.15, 0.2) is 41.2 Å². The number of hydrogen-bond acceptors (Lipinski definition) is 3. The molecule has 5 heteroatoms. The lowest BCUT2D eigenvalue weighted by Crippen LogP contribution is -2.48. The maximum Gasteiger partial charge on any atom is 0.251 e. The summed E-state index contributed by atoms with van der Waals surface area (Å²) in [6.07, 6.45) is 1.15. The third kappa shape index (κ3) is 4.01. The van der Waals surface area contributed by atoms with Crippen LogP contribution in [-0.2, 0) is 6.54 Å². The van der Waals surface area contributed by atoms with Crippen molar-refractivity contribution in [1.82, 2.24) is 14.8 Å². The van der Waals surface area contributed by atoms with Crippen LogP contribution in [-0.4, -0.2) is 41.6 Å². The van der Waals surface area contributed by atoms with Gasteiger partial charge in [-0.05, 0) is 48.4 Å². The van der Waals surface area contributed by atoms with Gasteiger partial charge < -0.3 is 14.8 Å². The predicted molar refractivity (Wildman–Crippen MR) is 116 cm³/mol. The third-order valence-corrected chi connectivity index (χ3v) is 6.08. The molecule has 2 aliphatic heterocycles. The Hall–Kier alpha value is -2.40. The van der Waals surface area contributed by atoms with Gasteiger partial charge in [-0.1, -0.05) is 32.0 Å². The van der Waals surface area contributed by atoms with E-state index in [1.165, 1.54) is 0 Å². The summed E-state index contributed by atoms with van der Waals surface area (Å²) in [6.45, 7) is 11.0. The zero-order valence-electron chi connectivity index (χ0n) is 17.6. The van der Waals surface area contributed by atoms with Crippen LogP contribution in [0.4, 0.5) is 0 Å². The van der Waals surface area contributed by atoms with Gasteiger partial charge in [0.15, 0.2) is 0 Å². The van der Waals surface area contributed by atoms with Crippen LogP contribution in [0.2, 0.25) is 0 Å². The van der Waals surface area contributed by atoms with E-state index in [1.807, 2.05) is 35.8 Å². The molecule has 3 heterocycles. The highest BCUT2D eigenvalue weighted by atomic mass is 16.1. The number of fused-ring (bicyclic) bond motifs is 4. The van der Waals surface area contributed by atoms with Gasteiger partial charge in [-0.25, -0.2) is 0 Å². The van der Waals surface area contributed by atoms with Crippen LogP contribution in [0.5, 0.6) is 0 Å². The number of aromatic nitrogens is 1. The molecule has 0 unspecified atom stereocenters. The Bertz CT molecular complexity index is 963. The molecule has 154 valence electrons. The summed E-state index contributed by atoms with van der Waals surface area (Å²) < 4.78 is 1.98. The van der Waals surface area contributed by atoms with Crippen molar-refractivity contribution in [1.29, 1.82) is 0 Å². The standard InChI is InChI=1S/C24H31N3O2/c1-4-25-24(29)21-8-6-5-7-20(21)18-10-22-19-9-17(14-27(22)23(28)11-18)13-26(15-19)12-16(2)3/h5-8,10-11,16-17,19H,4,9,12-15H2,1-3H3,(H,25,29)/t17-,19+/m0/s1. The minimum Gasteiger partial charge on any atom is -0.352 e. The number of likely N-dealkylation sites (tertiary alicyclic amines) is 1. The maximum absolute atomic E-state index is 13.0. The predicted octanol–water partition coefficient (Wildman–Crippen LogP) is 3.34. The SMILES string of the molecule is CCNC(=O)c1ccccc1-c1cc2n(c(=O)c1)C[C@H]1C[C@@H]2CN(CC(C)C)C1. The van der Waals surface area contributed by atoms with E-state index in [-0.39, 0.29) is 11.5 Å². The molecule has 1 aromatic carbocycles. The first-order valence-corrected chi connectivity index (χ1v) is 10.8. The summed E-state index contributed by atoms with van der Waals surface area (Å²) in [6, 6.07) is 11.4. The van der Waals surface area contributed by atoms with E-state index in [1.54, 1.807) is 6.07 Å². The molecule has 0 radical (unpaired) electrons.